The zero-order chi connectivity index (χ0) is 22.7. The number of nitrogens with zero attached hydrogens (tertiary/aromatic N) is 2. The van der Waals surface area contributed by atoms with Crippen LogP contribution in [0.25, 0.3) is 0 Å². The van der Waals surface area contributed by atoms with Gasteiger partial charge in [-0.05, 0) is 17.7 Å². The van der Waals surface area contributed by atoms with E-state index in [0.717, 1.165) is 44.2 Å². The Kier molecular flexibility index (Phi) is 6.53. The lowest BCUT2D eigenvalue weighted by atomic mass is 9.91. The number of carbonyl (C=O) groups excluding carboxylic acids is 1. The third kappa shape index (κ3) is 5.49. The molecule has 1 fully saturated rings. The van der Waals surface area contributed by atoms with Gasteiger partial charge in [0.25, 0.3) is 0 Å². The Morgan fingerprint density at radius 2 is 1.69 bits per heavy atom. The summed E-state index contributed by atoms with van der Waals surface area (Å²) in [7, 11) is 0. The number of rotatable bonds is 7. The summed E-state index contributed by atoms with van der Waals surface area (Å²) in [6.45, 7) is 10.6. The van der Waals surface area contributed by atoms with Gasteiger partial charge < -0.3 is 18.6 Å². The van der Waals surface area contributed by atoms with Crippen LogP contribution in [0.15, 0.2) is 39.7 Å². The molecule has 0 saturated carbocycles. The summed E-state index contributed by atoms with van der Waals surface area (Å²) in [5.41, 5.74) is 0.425. The van der Waals surface area contributed by atoms with Crippen LogP contribution in [0.3, 0.4) is 0 Å². The Bertz CT molecular complexity index is 1020. The maximum atomic E-state index is 12.3. The number of ether oxygens (including phenoxy) is 3. The second-order valence-corrected chi connectivity index (χ2v) is 9.28. The van der Waals surface area contributed by atoms with Gasteiger partial charge in [-0.15, -0.1) is 0 Å². The second kappa shape index (κ2) is 9.34. The van der Waals surface area contributed by atoms with E-state index in [1.54, 1.807) is 0 Å². The van der Waals surface area contributed by atoms with Crippen molar-refractivity contribution >= 4 is 5.78 Å². The number of carbonyl (C=O) groups is 1. The van der Waals surface area contributed by atoms with Crippen LogP contribution < -0.4 is 19.6 Å². The molecule has 2 aliphatic heterocycles. The predicted molar refractivity (Wildman–Crippen MR) is 118 cm³/mol. The van der Waals surface area contributed by atoms with Crippen molar-refractivity contribution in [2.45, 2.75) is 33.9 Å². The molecule has 1 aromatic heterocycles. The van der Waals surface area contributed by atoms with Crippen LogP contribution in [0.2, 0.25) is 0 Å². The minimum Gasteiger partial charge on any atom is -0.479 e. The zero-order valence-corrected chi connectivity index (χ0v) is 18.9. The van der Waals surface area contributed by atoms with Gasteiger partial charge in [0, 0.05) is 44.2 Å². The first-order chi connectivity index (χ1) is 15.3. The molecule has 0 amide bonds. The molecule has 172 valence electrons. The van der Waals surface area contributed by atoms with E-state index < -0.39 is 5.41 Å². The molecule has 4 rings (SSSR count). The third-order valence-electron chi connectivity index (χ3n) is 5.74. The lowest BCUT2D eigenvalue weighted by molar-refractivity contribution is -0.128. The molecular weight excluding hydrogens is 412 g/mol. The van der Waals surface area contributed by atoms with Crippen LogP contribution in [0.5, 0.6) is 17.2 Å². The highest BCUT2D eigenvalue weighted by molar-refractivity contribution is 5.85. The van der Waals surface area contributed by atoms with E-state index in [-0.39, 0.29) is 30.4 Å². The first kappa shape index (κ1) is 22.4. The maximum absolute atomic E-state index is 12.3. The van der Waals surface area contributed by atoms with Gasteiger partial charge in [0.15, 0.2) is 17.3 Å². The molecule has 8 heteroatoms. The largest absolute Gasteiger partial charge is 0.479 e. The average molecular weight is 443 g/mol. The number of piperazine rings is 1. The Morgan fingerprint density at radius 1 is 1.00 bits per heavy atom. The molecule has 0 radical (unpaired) electrons. The molecule has 0 aliphatic carbocycles. The van der Waals surface area contributed by atoms with Gasteiger partial charge in [0.2, 0.25) is 18.0 Å². The van der Waals surface area contributed by atoms with Crippen molar-refractivity contribution in [3.05, 3.63) is 52.1 Å². The summed E-state index contributed by atoms with van der Waals surface area (Å²) in [4.78, 5) is 29.0. The average Bonchev–Trinajstić information content (AvgIpc) is 3.21. The number of benzene rings is 1. The van der Waals surface area contributed by atoms with Crippen LogP contribution in [0, 0.1) is 5.41 Å². The molecule has 0 bridgehead atoms. The van der Waals surface area contributed by atoms with Gasteiger partial charge in [0.1, 0.15) is 18.6 Å². The SMILES string of the molecule is CC(C)(C)C(=O)COc1coc(CN2CCN(Cc3ccc4c(c3)OCO4)CC2)cc1=O. The van der Waals surface area contributed by atoms with E-state index in [2.05, 4.69) is 15.9 Å². The number of Topliss-reactive ketones (excluding diaryl/α,β-unsaturated/α-hetero) is 1. The van der Waals surface area contributed by atoms with E-state index >= 15 is 0 Å². The Hall–Kier alpha value is -2.84. The monoisotopic (exact) mass is 442 g/mol. The smallest absolute Gasteiger partial charge is 0.231 e. The normalized spacial score (nSPS) is 16.8. The molecule has 32 heavy (non-hydrogen) atoms. The fourth-order valence-electron chi connectivity index (χ4n) is 3.61. The number of ketones is 1. The molecule has 8 nitrogen and oxygen atoms in total. The van der Waals surface area contributed by atoms with E-state index in [9.17, 15) is 9.59 Å². The molecule has 1 saturated heterocycles. The Morgan fingerprint density at radius 3 is 2.38 bits per heavy atom. The number of hydrogen-bond donors (Lipinski definition) is 0. The van der Waals surface area contributed by atoms with Crippen LogP contribution in [0.4, 0.5) is 0 Å². The van der Waals surface area contributed by atoms with Crippen LogP contribution in [0.1, 0.15) is 32.1 Å². The minimum absolute atomic E-state index is 0.0693. The summed E-state index contributed by atoms with van der Waals surface area (Å²) in [6.07, 6.45) is 1.31. The van der Waals surface area contributed by atoms with Crippen molar-refractivity contribution in [3.8, 4) is 17.2 Å². The number of fused-ring (bicyclic) bond motifs is 1. The lowest BCUT2D eigenvalue weighted by Gasteiger charge is -2.34. The van der Waals surface area contributed by atoms with Crippen molar-refractivity contribution < 1.29 is 23.4 Å². The predicted octanol–water partition coefficient (Wildman–Crippen LogP) is 2.68. The summed E-state index contributed by atoms with van der Waals surface area (Å²) in [6, 6.07) is 7.54. The molecule has 3 heterocycles. The maximum Gasteiger partial charge on any atom is 0.231 e. The van der Waals surface area contributed by atoms with Gasteiger partial charge in [0.05, 0.1) is 6.54 Å². The van der Waals surface area contributed by atoms with E-state index in [0.29, 0.717) is 12.3 Å². The summed E-state index contributed by atoms with van der Waals surface area (Å²) >= 11 is 0. The highest BCUT2D eigenvalue weighted by atomic mass is 16.7. The first-order valence-corrected chi connectivity index (χ1v) is 10.9. The summed E-state index contributed by atoms with van der Waals surface area (Å²) < 4.78 is 21.8. The molecule has 0 spiro atoms. The minimum atomic E-state index is -0.509. The lowest BCUT2D eigenvalue weighted by Crippen LogP contribution is -2.45. The fourth-order valence-corrected chi connectivity index (χ4v) is 3.61. The zero-order valence-electron chi connectivity index (χ0n) is 18.9. The fraction of sp³-hybridized carbons (Fsp3) is 0.500. The molecule has 2 aliphatic rings. The topological polar surface area (TPSA) is 81.5 Å². The quantitative estimate of drug-likeness (QED) is 0.648. The van der Waals surface area contributed by atoms with Gasteiger partial charge in [-0.25, -0.2) is 0 Å². The van der Waals surface area contributed by atoms with Crippen molar-refractivity contribution in [2.75, 3.05) is 39.6 Å². The van der Waals surface area contributed by atoms with Crippen molar-refractivity contribution in [2.24, 2.45) is 5.41 Å². The van der Waals surface area contributed by atoms with Crippen LogP contribution >= 0.6 is 0 Å². The van der Waals surface area contributed by atoms with Gasteiger partial charge >= 0.3 is 0 Å². The summed E-state index contributed by atoms with van der Waals surface area (Å²) in [5.74, 6) is 2.21. The van der Waals surface area contributed by atoms with Gasteiger partial charge in [-0.1, -0.05) is 26.8 Å². The van der Waals surface area contributed by atoms with E-state index in [4.69, 9.17) is 18.6 Å². The molecule has 0 atom stereocenters. The molecule has 2 aromatic rings. The van der Waals surface area contributed by atoms with Crippen molar-refractivity contribution in [1.29, 1.82) is 0 Å². The first-order valence-electron chi connectivity index (χ1n) is 10.9. The van der Waals surface area contributed by atoms with Crippen molar-refractivity contribution in [3.63, 3.8) is 0 Å². The second-order valence-electron chi connectivity index (χ2n) is 9.28. The van der Waals surface area contributed by atoms with Crippen molar-refractivity contribution in [1.82, 2.24) is 9.80 Å². The van der Waals surface area contributed by atoms with Gasteiger partial charge in [-0.3, -0.25) is 19.4 Å². The summed E-state index contributed by atoms with van der Waals surface area (Å²) in [5, 5.41) is 0. The third-order valence-corrected chi connectivity index (χ3v) is 5.74. The molecule has 0 unspecified atom stereocenters. The molecular formula is C24H30N2O6. The molecule has 0 N–H and O–H groups in total. The van der Waals surface area contributed by atoms with E-state index in [1.165, 1.54) is 17.9 Å². The standard InChI is InChI=1S/C24H30N2O6/c1-24(2,3)23(28)15-30-22-14-29-18(11-19(22)27)13-26-8-6-25(7-9-26)12-17-4-5-20-21(10-17)32-16-31-20/h4-5,10-11,14H,6-9,12-13,15-16H2,1-3H3. The highest BCUT2D eigenvalue weighted by Gasteiger charge is 2.23. The van der Waals surface area contributed by atoms with E-state index in [1.807, 2.05) is 32.9 Å². The Labute approximate surface area is 187 Å². The van der Waals surface area contributed by atoms with Crippen LogP contribution in [-0.4, -0.2) is 55.2 Å². The van der Waals surface area contributed by atoms with Crippen LogP contribution in [-0.2, 0) is 17.9 Å². The molecule has 1 aromatic carbocycles. The van der Waals surface area contributed by atoms with Gasteiger partial charge in [-0.2, -0.15) is 0 Å². The number of hydrogen-bond acceptors (Lipinski definition) is 8. The Balaban J connectivity index is 1.25. The highest BCUT2D eigenvalue weighted by Crippen LogP contribution is 2.32.